The van der Waals surface area contributed by atoms with Gasteiger partial charge in [-0.05, 0) is 18.6 Å². The summed E-state index contributed by atoms with van der Waals surface area (Å²) in [5.41, 5.74) is 1.36. The van der Waals surface area contributed by atoms with Crippen molar-refractivity contribution in [1.82, 2.24) is 9.88 Å². The van der Waals surface area contributed by atoms with Crippen LogP contribution < -0.4 is 0 Å². The highest BCUT2D eigenvalue weighted by atomic mass is 16.6. The first kappa shape index (κ1) is 12.0. The van der Waals surface area contributed by atoms with Crippen molar-refractivity contribution >= 4 is 12.1 Å². The number of carbonyl (C=O) groups excluding carboxylic acids is 1. The molecule has 3 heterocycles. The number of pyridine rings is 1. The van der Waals surface area contributed by atoms with E-state index in [0.29, 0.717) is 37.2 Å². The first-order valence-electron chi connectivity index (χ1n) is 6.20. The Balaban J connectivity index is 1.93. The van der Waals surface area contributed by atoms with E-state index in [-0.39, 0.29) is 5.97 Å². The predicted octanol–water partition coefficient (Wildman–Crippen LogP) is 1.53. The summed E-state index contributed by atoms with van der Waals surface area (Å²) in [5.74, 6) is -0.352. The molecule has 1 aromatic rings. The second-order valence-electron chi connectivity index (χ2n) is 5.06. The molecule has 6 nitrogen and oxygen atoms in total. The zero-order valence-corrected chi connectivity index (χ0v) is 10.5. The molecule has 6 heteroatoms. The minimum Gasteiger partial charge on any atom is -0.465 e. The molecule has 0 saturated carbocycles. The van der Waals surface area contributed by atoms with Gasteiger partial charge in [-0.2, -0.15) is 0 Å². The van der Waals surface area contributed by atoms with Crippen molar-refractivity contribution in [2.75, 3.05) is 13.1 Å². The average Bonchev–Trinajstić information content (AvgIpc) is 2.63. The van der Waals surface area contributed by atoms with Crippen molar-refractivity contribution in [1.29, 1.82) is 0 Å². The van der Waals surface area contributed by atoms with Gasteiger partial charge in [-0.15, -0.1) is 0 Å². The zero-order chi connectivity index (χ0) is 13.6. The third kappa shape index (κ3) is 1.75. The molecule has 1 fully saturated rings. The SMILES string of the molecule is Cc1cnc2c(c1)C(=O)OC21CCN(C(=O)O)CC1. The molecule has 0 atom stereocenters. The third-order valence-electron chi connectivity index (χ3n) is 3.81. The number of aryl methyl sites for hydroxylation is 1. The van der Waals surface area contributed by atoms with Crippen LogP contribution in [0.2, 0.25) is 0 Å². The maximum absolute atomic E-state index is 11.9. The number of hydrogen-bond acceptors (Lipinski definition) is 4. The van der Waals surface area contributed by atoms with E-state index in [4.69, 9.17) is 9.84 Å². The molecule has 19 heavy (non-hydrogen) atoms. The Kier molecular flexibility index (Phi) is 2.48. The van der Waals surface area contributed by atoms with E-state index in [1.165, 1.54) is 4.90 Å². The van der Waals surface area contributed by atoms with Crippen LogP contribution in [0.3, 0.4) is 0 Å². The van der Waals surface area contributed by atoms with Crippen molar-refractivity contribution in [2.45, 2.75) is 25.4 Å². The number of likely N-dealkylation sites (tertiary alicyclic amines) is 1. The summed E-state index contributed by atoms with van der Waals surface area (Å²) >= 11 is 0. The van der Waals surface area contributed by atoms with Crippen LogP contribution in [0.15, 0.2) is 12.3 Å². The van der Waals surface area contributed by atoms with Gasteiger partial charge in [-0.1, -0.05) is 0 Å². The van der Waals surface area contributed by atoms with Crippen molar-refractivity contribution in [2.24, 2.45) is 0 Å². The lowest BCUT2D eigenvalue weighted by molar-refractivity contribution is -0.0413. The first-order chi connectivity index (χ1) is 9.02. The summed E-state index contributed by atoms with van der Waals surface area (Å²) in [5, 5.41) is 8.96. The van der Waals surface area contributed by atoms with Crippen molar-refractivity contribution < 1.29 is 19.4 Å². The van der Waals surface area contributed by atoms with Gasteiger partial charge < -0.3 is 14.7 Å². The van der Waals surface area contributed by atoms with Gasteiger partial charge in [0.1, 0.15) is 0 Å². The van der Waals surface area contributed by atoms with E-state index in [1.54, 1.807) is 12.3 Å². The number of hydrogen-bond donors (Lipinski definition) is 1. The molecule has 2 aliphatic heterocycles. The molecular formula is C13H14N2O4. The molecule has 100 valence electrons. The molecule has 1 aromatic heterocycles. The molecule has 3 rings (SSSR count). The summed E-state index contributed by atoms with van der Waals surface area (Å²) in [4.78, 5) is 28.5. The normalized spacial score (nSPS) is 20.3. The van der Waals surface area contributed by atoms with E-state index in [2.05, 4.69) is 4.98 Å². The van der Waals surface area contributed by atoms with E-state index in [1.807, 2.05) is 6.92 Å². The number of amides is 1. The van der Waals surface area contributed by atoms with Gasteiger partial charge in [0.05, 0.1) is 11.3 Å². The number of esters is 1. The number of aromatic nitrogens is 1. The molecule has 0 unspecified atom stereocenters. The van der Waals surface area contributed by atoms with Crippen LogP contribution >= 0.6 is 0 Å². The Morgan fingerprint density at radius 1 is 1.47 bits per heavy atom. The van der Waals surface area contributed by atoms with E-state index >= 15 is 0 Å². The largest absolute Gasteiger partial charge is 0.465 e. The molecule has 0 radical (unpaired) electrons. The van der Waals surface area contributed by atoms with Gasteiger partial charge in [-0.3, -0.25) is 4.98 Å². The van der Waals surface area contributed by atoms with Gasteiger partial charge in [0, 0.05) is 32.1 Å². The Hall–Kier alpha value is -2.11. The van der Waals surface area contributed by atoms with Crippen molar-refractivity contribution in [3.8, 4) is 0 Å². The lowest BCUT2D eigenvalue weighted by atomic mass is 9.87. The highest BCUT2D eigenvalue weighted by Gasteiger charge is 2.49. The lowest BCUT2D eigenvalue weighted by Crippen LogP contribution is -2.45. The summed E-state index contributed by atoms with van der Waals surface area (Å²) < 4.78 is 5.52. The van der Waals surface area contributed by atoms with Gasteiger partial charge >= 0.3 is 12.1 Å². The van der Waals surface area contributed by atoms with Crippen LogP contribution in [-0.4, -0.2) is 40.1 Å². The molecule has 1 saturated heterocycles. The summed E-state index contributed by atoms with van der Waals surface area (Å²) in [7, 11) is 0. The van der Waals surface area contributed by atoms with E-state index in [9.17, 15) is 9.59 Å². The van der Waals surface area contributed by atoms with Gasteiger partial charge in [0.2, 0.25) is 0 Å². The maximum Gasteiger partial charge on any atom is 0.407 e. The number of carboxylic acid groups (broad SMARTS) is 1. The zero-order valence-electron chi connectivity index (χ0n) is 10.5. The number of carbonyl (C=O) groups is 2. The lowest BCUT2D eigenvalue weighted by Gasteiger charge is -2.36. The summed E-state index contributed by atoms with van der Waals surface area (Å²) in [6.07, 6.45) is 1.71. The number of nitrogens with zero attached hydrogens (tertiary/aromatic N) is 2. The average molecular weight is 262 g/mol. The monoisotopic (exact) mass is 262 g/mol. The fourth-order valence-electron chi connectivity index (χ4n) is 2.77. The molecule has 1 N–H and O–H groups in total. The number of fused-ring (bicyclic) bond motifs is 2. The van der Waals surface area contributed by atoms with Crippen LogP contribution in [0.4, 0.5) is 4.79 Å². The fraction of sp³-hybridized carbons (Fsp3) is 0.462. The topological polar surface area (TPSA) is 79.7 Å². The van der Waals surface area contributed by atoms with E-state index in [0.717, 1.165) is 5.56 Å². The second kappa shape index (κ2) is 3.94. The number of rotatable bonds is 0. The van der Waals surface area contributed by atoms with Gasteiger partial charge in [0.15, 0.2) is 5.60 Å². The van der Waals surface area contributed by atoms with E-state index < -0.39 is 11.7 Å². The Morgan fingerprint density at radius 2 is 2.16 bits per heavy atom. The quantitative estimate of drug-likeness (QED) is 0.717. The van der Waals surface area contributed by atoms with Gasteiger partial charge in [-0.25, -0.2) is 9.59 Å². The minimum absolute atomic E-state index is 0.352. The molecule has 0 aliphatic carbocycles. The molecule has 0 bridgehead atoms. The number of piperidine rings is 1. The molecule has 1 amide bonds. The van der Waals surface area contributed by atoms with Crippen LogP contribution in [0.25, 0.3) is 0 Å². The van der Waals surface area contributed by atoms with Crippen LogP contribution in [0.5, 0.6) is 0 Å². The third-order valence-corrected chi connectivity index (χ3v) is 3.81. The molecule has 1 spiro atoms. The number of ether oxygens (including phenoxy) is 1. The molecule has 2 aliphatic rings. The minimum atomic E-state index is -0.934. The summed E-state index contributed by atoms with van der Waals surface area (Å²) in [6.45, 7) is 2.59. The first-order valence-corrected chi connectivity index (χ1v) is 6.20. The predicted molar refractivity (Wildman–Crippen MR) is 64.9 cm³/mol. The Bertz CT molecular complexity index is 562. The van der Waals surface area contributed by atoms with Crippen molar-refractivity contribution in [3.05, 3.63) is 29.1 Å². The highest BCUT2D eigenvalue weighted by Crippen LogP contribution is 2.43. The maximum atomic E-state index is 11.9. The van der Waals surface area contributed by atoms with Crippen LogP contribution in [-0.2, 0) is 10.3 Å². The Labute approximate surface area is 110 Å². The molecule has 0 aromatic carbocycles. The van der Waals surface area contributed by atoms with Crippen LogP contribution in [0, 0.1) is 6.92 Å². The fourth-order valence-corrected chi connectivity index (χ4v) is 2.77. The smallest absolute Gasteiger partial charge is 0.407 e. The summed E-state index contributed by atoms with van der Waals surface area (Å²) in [6, 6.07) is 1.78. The van der Waals surface area contributed by atoms with Crippen LogP contribution in [0.1, 0.15) is 34.5 Å². The molecular weight excluding hydrogens is 248 g/mol. The van der Waals surface area contributed by atoms with Gasteiger partial charge in [0.25, 0.3) is 0 Å². The highest BCUT2D eigenvalue weighted by molar-refractivity contribution is 5.94. The van der Waals surface area contributed by atoms with Crippen molar-refractivity contribution in [3.63, 3.8) is 0 Å². The standard InChI is InChI=1S/C13H14N2O4/c1-8-6-9-10(14-7-8)13(19-11(9)16)2-4-15(5-3-13)12(17)18/h6-7H,2-5H2,1H3,(H,17,18). The second-order valence-corrected chi connectivity index (χ2v) is 5.06. The Morgan fingerprint density at radius 3 is 2.79 bits per heavy atom.